The van der Waals surface area contributed by atoms with Gasteiger partial charge in [0.1, 0.15) is 0 Å². The summed E-state index contributed by atoms with van der Waals surface area (Å²) in [6.07, 6.45) is 9.31. The number of anilines is 1. The molecule has 0 bridgehead atoms. The van der Waals surface area contributed by atoms with Crippen LogP contribution in [0.2, 0.25) is 5.02 Å². The second-order valence-electron chi connectivity index (χ2n) is 7.16. The van der Waals surface area contributed by atoms with Gasteiger partial charge < -0.3 is 14.6 Å². The van der Waals surface area contributed by atoms with Crippen LogP contribution in [-0.4, -0.2) is 31.8 Å². The fourth-order valence-corrected chi connectivity index (χ4v) is 3.68. The van der Waals surface area contributed by atoms with Crippen LogP contribution in [0.1, 0.15) is 38.0 Å². The van der Waals surface area contributed by atoms with E-state index >= 15 is 0 Å². The van der Waals surface area contributed by atoms with E-state index in [9.17, 15) is 4.79 Å². The molecule has 0 spiro atoms. The zero-order valence-corrected chi connectivity index (χ0v) is 16.5. The number of imidazole rings is 1. The molecule has 1 aliphatic rings. The molecule has 2 atom stereocenters. The third-order valence-corrected chi connectivity index (χ3v) is 5.21. The molecule has 146 valence electrons. The Balaban J connectivity index is 1.48. The molecule has 1 fully saturated rings. The van der Waals surface area contributed by atoms with Crippen molar-refractivity contribution in [3.05, 3.63) is 59.9 Å². The van der Waals surface area contributed by atoms with Crippen LogP contribution in [0.4, 0.5) is 5.69 Å². The average Bonchev–Trinajstić information content (AvgIpc) is 3.41. The molecule has 1 aromatic carbocycles. The summed E-state index contributed by atoms with van der Waals surface area (Å²) in [4.78, 5) is 16.9. The summed E-state index contributed by atoms with van der Waals surface area (Å²) in [5.41, 5.74) is 2.39. The lowest BCUT2D eigenvalue weighted by Crippen LogP contribution is -2.25. The topological polar surface area (TPSA) is 74.0 Å². The van der Waals surface area contributed by atoms with E-state index in [0.29, 0.717) is 23.7 Å². The lowest BCUT2D eigenvalue weighted by molar-refractivity contribution is -0.121. The van der Waals surface area contributed by atoms with Gasteiger partial charge in [-0.3, -0.25) is 9.48 Å². The van der Waals surface area contributed by atoms with Crippen LogP contribution in [-0.2, 0) is 9.53 Å². The van der Waals surface area contributed by atoms with E-state index in [2.05, 4.69) is 29.2 Å². The number of halogens is 1. The number of aromatic nitrogens is 4. The van der Waals surface area contributed by atoms with Gasteiger partial charge in [-0.2, -0.15) is 5.10 Å². The smallest absolute Gasteiger partial charge is 0.230 e. The summed E-state index contributed by atoms with van der Waals surface area (Å²) in [5.74, 6) is -0.344. The third-order valence-electron chi connectivity index (χ3n) is 4.91. The number of benzene rings is 1. The maximum atomic E-state index is 12.9. The minimum Gasteiger partial charge on any atom is -0.373 e. The van der Waals surface area contributed by atoms with Gasteiger partial charge in [-0.25, -0.2) is 4.98 Å². The number of nitrogens with zero attached hydrogens (tertiary/aromatic N) is 4. The standard InChI is InChI=1S/C20H22ClN5O2/c1-13(2)26-11-14(10-23-26)19-16(5-8-28-19)20(27)24-15-3-4-18(17(21)9-15)25-7-6-22-12-25/h3-4,6-7,9-13,16,19H,5,8H2,1-2H3,(H,24,27)/t16-,19+/m0/s1. The monoisotopic (exact) mass is 399 g/mol. The fraction of sp³-hybridized carbons (Fsp3) is 0.350. The number of rotatable bonds is 5. The van der Waals surface area contributed by atoms with Gasteiger partial charge in [0, 0.05) is 42.5 Å². The molecule has 0 aliphatic carbocycles. The molecular formula is C20H22ClN5O2. The predicted octanol–water partition coefficient (Wildman–Crippen LogP) is 4.02. The van der Waals surface area contributed by atoms with Gasteiger partial charge in [-0.15, -0.1) is 0 Å². The Bertz CT molecular complexity index is 967. The van der Waals surface area contributed by atoms with Crippen molar-refractivity contribution in [2.75, 3.05) is 11.9 Å². The van der Waals surface area contributed by atoms with Gasteiger partial charge in [-0.05, 0) is 38.5 Å². The largest absolute Gasteiger partial charge is 0.373 e. The lowest BCUT2D eigenvalue weighted by Gasteiger charge is -2.17. The minimum atomic E-state index is -0.284. The van der Waals surface area contributed by atoms with Crippen molar-refractivity contribution in [3.8, 4) is 5.69 Å². The van der Waals surface area contributed by atoms with E-state index in [4.69, 9.17) is 16.3 Å². The van der Waals surface area contributed by atoms with Crippen molar-refractivity contribution < 1.29 is 9.53 Å². The highest BCUT2D eigenvalue weighted by molar-refractivity contribution is 6.32. The van der Waals surface area contributed by atoms with Crippen LogP contribution >= 0.6 is 11.6 Å². The van der Waals surface area contributed by atoms with Gasteiger partial charge in [0.15, 0.2) is 0 Å². The van der Waals surface area contributed by atoms with E-state index < -0.39 is 0 Å². The van der Waals surface area contributed by atoms with Gasteiger partial charge in [0.05, 0.1) is 35.3 Å². The van der Waals surface area contributed by atoms with Gasteiger partial charge in [0.2, 0.25) is 5.91 Å². The number of nitrogens with one attached hydrogen (secondary N) is 1. The van der Waals surface area contributed by atoms with E-state index in [0.717, 1.165) is 11.3 Å². The Kier molecular flexibility index (Phi) is 5.19. The highest BCUT2D eigenvalue weighted by Gasteiger charge is 2.36. The summed E-state index contributed by atoms with van der Waals surface area (Å²) in [5, 5.41) is 7.87. The molecule has 1 N–H and O–H groups in total. The Morgan fingerprint density at radius 1 is 1.39 bits per heavy atom. The molecule has 1 amide bonds. The molecule has 1 saturated heterocycles. The molecule has 0 unspecified atom stereocenters. The minimum absolute atomic E-state index is 0.0776. The van der Waals surface area contributed by atoms with E-state index in [-0.39, 0.29) is 24.0 Å². The highest BCUT2D eigenvalue weighted by Crippen LogP contribution is 2.36. The molecule has 0 saturated carbocycles. The summed E-state index contributed by atoms with van der Waals surface area (Å²) in [7, 11) is 0. The summed E-state index contributed by atoms with van der Waals surface area (Å²) in [6, 6.07) is 5.70. The first-order chi connectivity index (χ1) is 13.5. The van der Waals surface area contributed by atoms with Crippen LogP contribution in [0.5, 0.6) is 0 Å². The fourth-order valence-electron chi connectivity index (χ4n) is 3.40. The Hall–Kier alpha value is -2.64. The van der Waals surface area contributed by atoms with Crippen molar-refractivity contribution in [2.45, 2.75) is 32.4 Å². The van der Waals surface area contributed by atoms with E-state index in [1.807, 2.05) is 33.8 Å². The number of carbonyl (C=O) groups excluding carboxylic acids is 1. The number of hydrogen-bond donors (Lipinski definition) is 1. The maximum Gasteiger partial charge on any atom is 0.230 e. The second-order valence-corrected chi connectivity index (χ2v) is 7.57. The number of amides is 1. The molecule has 1 aliphatic heterocycles. The first-order valence-electron chi connectivity index (χ1n) is 9.27. The van der Waals surface area contributed by atoms with Gasteiger partial charge >= 0.3 is 0 Å². The van der Waals surface area contributed by atoms with Crippen molar-refractivity contribution >= 4 is 23.2 Å². The highest BCUT2D eigenvalue weighted by atomic mass is 35.5. The van der Waals surface area contributed by atoms with Crippen molar-refractivity contribution in [1.29, 1.82) is 0 Å². The van der Waals surface area contributed by atoms with Gasteiger partial charge in [0.25, 0.3) is 0 Å². The molecule has 0 radical (unpaired) electrons. The Morgan fingerprint density at radius 2 is 2.25 bits per heavy atom. The number of ether oxygens (including phenoxy) is 1. The average molecular weight is 400 g/mol. The molecular weight excluding hydrogens is 378 g/mol. The third kappa shape index (κ3) is 3.68. The zero-order chi connectivity index (χ0) is 19.7. The normalized spacial score (nSPS) is 19.3. The molecule has 8 heteroatoms. The Labute approximate surface area is 168 Å². The van der Waals surface area contributed by atoms with Crippen LogP contribution in [0.25, 0.3) is 5.69 Å². The quantitative estimate of drug-likeness (QED) is 0.703. The molecule has 2 aromatic heterocycles. The zero-order valence-electron chi connectivity index (χ0n) is 15.7. The van der Waals surface area contributed by atoms with E-state index in [1.54, 1.807) is 24.8 Å². The summed E-state index contributed by atoms with van der Waals surface area (Å²) < 4.78 is 9.54. The maximum absolute atomic E-state index is 12.9. The second kappa shape index (κ2) is 7.77. The molecule has 28 heavy (non-hydrogen) atoms. The molecule has 7 nitrogen and oxygen atoms in total. The number of hydrogen-bond acceptors (Lipinski definition) is 4. The van der Waals surface area contributed by atoms with Crippen LogP contribution in [0.3, 0.4) is 0 Å². The Morgan fingerprint density at radius 3 is 2.93 bits per heavy atom. The SMILES string of the molecule is CC(C)n1cc([C@H]2OCC[C@@H]2C(=O)Nc2ccc(-n3ccnc3)c(Cl)c2)cn1. The predicted molar refractivity (Wildman–Crippen MR) is 107 cm³/mol. The van der Waals surface area contributed by atoms with Crippen LogP contribution < -0.4 is 5.32 Å². The number of carbonyl (C=O) groups is 1. The lowest BCUT2D eigenvalue weighted by atomic mass is 9.96. The van der Waals surface area contributed by atoms with Crippen LogP contribution in [0.15, 0.2) is 49.3 Å². The van der Waals surface area contributed by atoms with Crippen molar-refractivity contribution in [2.24, 2.45) is 5.92 Å². The molecule has 3 aromatic rings. The first-order valence-corrected chi connectivity index (χ1v) is 9.65. The summed E-state index contributed by atoms with van der Waals surface area (Å²) >= 11 is 6.39. The van der Waals surface area contributed by atoms with Gasteiger partial charge in [-0.1, -0.05) is 11.6 Å². The molecule has 3 heterocycles. The van der Waals surface area contributed by atoms with Crippen molar-refractivity contribution in [3.63, 3.8) is 0 Å². The molecule has 4 rings (SSSR count). The van der Waals surface area contributed by atoms with Crippen molar-refractivity contribution in [1.82, 2.24) is 19.3 Å². The first kappa shape index (κ1) is 18.7. The summed E-state index contributed by atoms with van der Waals surface area (Å²) in [6.45, 7) is 4.68. The van der Waals surface area contributed by atoms with Crippen LogP contribution in [0, 0.1) is 5.92 Å². The van der Waals surface area contributed by atoms with E-state index in [1.165, 1.54) is 0 Å².